The minimum Gasteiger partial charge on any atom is -0.466 e. The molecule has 0 bridgehead atoms. The third-order valence-electron chi connectivity index (χ3n) is 6.24. The summed E-state index contributed by atoms with van der Waals surface area (Å²) in [5, 5.41) is 5.73. The predicted molar refractivity (Wildman–Crippen MR) is 151 cm³/mol. The van der Waals surface area contributed by atoms with Crippen molar-refractivity contribution in [3.05, 3.63) is 45.0 Å². The molecule has 8 nitrogen and oxygen atoms in total. The number of piperidine rings is 1. The topological polar surface area (TPSA) is 87.7 Å². The van der Waals surface area contributed by atoms with Crippen LogP contribution >= 0.6 is 34.3 Å². The Morgan fingerprint density at radius 1 is 1.29 bits per heavy atom. The van der Waals surface area contributed by atoms with E-state index in [2.05, 4.69) is 27.1 Å². The Kier molecular flexibility index (Phi) is 9.69. The highest BCUT2D eigenvalue weighted by Gasteiger charge is 2.28. The van der Waals surface area contributed by atoms with Gasteiger partial charge in [-0.05, 0) is 51.9 Å². The summed E-state index contributed by atoms with van der Waals surface area (Å²) in [4.78, 5) is 39.8. The van der Waals surface area contributed by atoms with Gasteiger partial charge in [-0.2, -0.15) is 0 Å². The average Bonchev–Trinajstić information content (AvgIpc) is 3.49. The molecule has 1 aliphatic heterocycles. The maximum Gasteiger partial charge on any atom is 0.309 e. The number of esters is 1. The Morgan fingerprint density at radius 2 is 2.05 bits per heavy atom. The summed E-state index contributed by atoms with van der Waals surface area (Å²) < 4.78 is 20.1. The van der Waals surface area contributed by atoms with Gasteiger partial charge in [-0.25, -0.2) is 14.4 Å². The molecule has 0 saturated carbocycles. The highest BCUT2D eigenvalue weighted by atomic mass is 35.5. The molecule has 1 saturated heterocycles. The number of thiophene rings is 1. The monoisotopic (exact) mass is 579 g/mol. The molecule has 0 aliphatic carbocycles. The Morgan fingerprint density at radius 3 is 2.68 bits per heavy atom. The number of ether oxygens (including phenoxy) is 1. The fourth-order valence-corrected chi connectivity index (χ4v) is 6.60. The van der Waals surface area contributed by atoms with Crippen molar-refractivity contribution in [3.63, 3.8) is 0 Å². The second-order valence-corrected chi connectivity index (χ2v) is 11.6. The van der Waals surface area contributed by atoms with Crippen LogP contribution in [0.25, 0.3) is 10.6 Å². The number of nitrogens with zero attached hydrogens (tertiary/aromatic N) is 4. The molecule has 1 N–H and O–H groups in total. The number of pyridine rings is 1. The second-order valence-electron chi connectivity index (χ2n) is 9.15. The van der Waals surface area contributed by atoms with E-state index in [4.69, 9.17) is 16.3 Å². The molecule has 1 amide bonds. The summed E-state index contributed by atoms with van der Waals surface area (Å²) in [6.45, 7) is 6.85. The van der Waals surface area contributed by atoms with Gasteiger partial charge in [0.25, 0.3) is 5.91 Å². The summed E-state index contributed by atoms with van der Waals surface area (Å²) in [5.74, 6) is -1.28. The van der Waals surface area contributed by atoms with E-state index in [1.807, 2.05) is 18.5 Å². The van der Waals surface area contributed by atoms with E-state index in [0.29, 0.717) is 49.2 Å². The SMILES string of the molecule is CCCN(C)Cc1sc(NC(=O)c2cnc(N3CCC(C(=O)OCC)CC3)c(F)c2)nc1-c1cc(Cl)cs1. The van der Waals surface area contributed by atoms with Crippen LogP contribution in [0.2, 0.25) is 5.02 Å². The van der Waals surface area contributed by atoms with Gasteiger partial charge in [-0.1, -0.05) is 29.9 Å². The van der Waals surface area contributed by atoms with Crippen LogP contribution in [0.5, 0.6) is 0 Å². The Balaban J connectivity index is 1.45. The number of carbonyl (C=O) groups is 2. The first-order valence-electron chi connectivity index (χ1n) is 12.6. The van der Waals surface area contributed by atoms with E-state index in [0.717, 1.165) is 28.4 Å². The molecule has 4 rings (SSSR count). The number of amides is 1. The zero-order chi connectivity index (χ0) is 27.2. The predicted octanol–water partition coefficient (Wildman–Crippen LogP) is 5.93. The number of carbonyl (C=O) groups excluding carboxylic acids is 2. The van der Waals surface area contributed by atoms with Gasteiger partial charge in [0.15, 0.2) is 16.8 Å². The van der Waals surface area contributed by atoms with Crippen LogP contribution in [-0.2, 0) is 16.1 Å². The molecule has 0 atom stereocenters. The molecule has 1 aliphatic rings. The zero-order valence-corrected chi connectivity index (χ0v) is 24.0. The second kappa shape index (κ2) is 13.0. The summed E-state index contributed by atoms with van der Waals surface area (Å²) >= 11 is 9.04. The van der Waals surface area contributed by atoms with Crippen molar-refractivity contribution < 1.29 is 18.7 Å². The van der Waals surface area contributed by atoms with E-state index >= 15 is 4.39 Å². The number of hydrogen-bond acceptors (Lipinski definition) is 9. The lowest BCUT2D eigenvalue weighted by Crippen LogP contribution is -2.38. The molecule has 12 heteroatoms. The summed E-state index contributed by atoms with van der Waals surface area (Å²) in [6, 6.07) is 3.06. The number of rotatable bonds is 10. The summed E-state index contributed by atoms with van der Waals surface area (Å²) in [7, 11) is 2.04. The van der Waals surface area contributed by atoms with E-state index in [1.54, 1.807) is 11.8 Å². The van der Waals surface area contributed by atoms with Gasteiger partial charge in [0.2, 0.25) is 0 Å². The lowest BCUT2D eigenvalue weighted by Gasteiger charge is -2.31. The molecule has 0 unspecified atom stereocenters. The highest BCUT2D eigenvalue weighted by molar-refractivity contribution is 7.17. The number of hydrogen-bond donors (Lipinski definition) is 1. The molecule has 0 radical (unpaired) electrons. The minimum absolute atomic E-state index is 0.105. The van der Waals surface area contributed by atoms with E-state index < -0.39 is 11.7 Å². The molecule has 38 heavy (non-hydrogen) atoms. The first kappa shape index (κ1) is 28.4. The van der Waals surface area contributed by atoms with Crippen molar-refractivity contribution in [1.29, 1.82) is 0 Å². The Hall–Kier alpha value is -2.60. The quantitative estimate of drug-likeness (QED) is 0.298. The molecule has 0 aromatic carbocycles. The molecule has 1 fully saturated rings. The van der Waals surface area contributed by atoms with Crippen LogP contribution in [0.1, 0.15) is 48.3 Å². The van der Waals surface area contributed by atoms with Gasteiger partial charge < -0.3 is 14.5 Å². The third kappa shape index (κ3) is 6.88. The smallest absolute Gasteiger partial charge is 0.309 e. The molecule has 4 heterocycles. The van der Waals surface area contributed by atoms with Gasteiger partial charge in [0.1, 0.15) is 0 Å². The van der Waals surface area contributed by atoms with Crippen LogP contribution < -0.4 is 10.2 Å². The van der Waals surface area contributed by atoms with E-state index in [1.165, 1.54) is 34.9 Å². The molecular formula is C26H31ClFN5O3S2. The summed E-state index contributed by atoms with van der Waals surface area (Å²) in [6.07, 6.45) is 3.53. The van der Waals surface area contributed by atoms with Gasteiger partial charge in [0.05, 0.1) is 33.7 Å². The van der Waals surface area contributed by atoms with Gasteiger partial charge >= 0.3 is 5.97 Å². The fraction of sp³-hybridized carbons (Fsp3) is 0.462. The molecule has 3 aromatic heterocycles. The van der Waals surface area contributed by atoms with E-state index in [9.17, 15) is 9.59 Å². The molecule has 204 valence electrons. The number of thiazole rings is 1. The van der Waals surface area contributed by atoms with E-state index in [-0.39, 0.29) is 23.3 Å². The average molecular weight is 580 g/mol. The largest absolute Gasteiger partial charge is 0.466 e. The molecule has 3 aromatic rings. The lowest BCUT2D eigenvalue weighted by molar-refractivity contribution is -0.148. The fourth-order valence-electron chi connectivity index (χ4n) is 4.39. The maximum atomic E-state index is 15.0. The van der Waals surface area contributed by atoms with Crippen LogP contribution in [0.15, 0.2) is 23.7 Å². The summed E-state index contributed by atoms with van der Waals surface area (Å²) in [5.41, 5.74) is 0.893. The molecule has 0 spiro atoms. The number of aromatic nitrogens is 2. The molecular weight excluding hydrogens is 549 g/mol. The van der Waals surface area contributed by atoms with Gasteiger partial charge in [0, 0.05) is 36.1 Å². The maximum absolute atomic E-state index is 15.0. The standard InChI is InChI=1S/C26H31ClFN5O3S2/c1-4-8-32(3)14-21-22(20-12-18(27)15-37-20)30-26(38-21)31-24(34)17-11-19(28)23(29-13-17)33-9-6-16(7-10-33)25(35)36-5-2/h11-13,15-16H,4-10,14H2,1-3H3,(H,30,31,34). The van der Waals surface area contributed by atoms with Gasteiger partial charge in [-0.3, -0.25) is 14.9 Å². The third-order valence-corrected chi connectivity index (χ3v) is 8.48. The van der Waals surface area contributed by atoms with Crippen molar-refractivity contribution in [2.45, 2.75) is 39.7 Å². The Bertz CT molecular complexity index is 1280. The van der Waals surface area contributed by atoms with Crippen LogP contribution in [-0.4, -0.2) is 60.0 Å². The first-order valence-corrected chi connectivity index (χ1v) is 14.7. The normalized spacial score (nSPS) is 14.2. The van der Waals surface area contributed by atoms with Crippen molar-refractivity contribution in [1.82, 2.24) is 14.9 Å². The van der Waals surface area contributed by atoms with Crippen molar-refractivity contribution in [2.24, 2.45) is 5.92 Å². The highest BCUT2D eigenvalue weighted by Crippen LogP contribution is 2.37. The zero-order valence-electron chi connectivity index (χ0n) is 21.6. The minimum atomic E-state index is -0.581. The van der Waals surface area contributed by atoms with Crippen molar-refractivity contribution >= 4 is 57.1 Å². The lowest BCUT2D eigenvalue weighted by atomic mass is 9.97. The number of anilines is 2. The van der Waals surface area contributed by atoms with Crippen molar-refractivity contribution in [3.8, 4) is 10.6 Å². The van der Waals surface area contributed by atoms with Crippen LogP contribution in [0.3, 0.4) is 0 Å². The number of halogens is 2. The Labute approximate surface area is 234 Å². The van der Waals surface area contributed by atoms with Gasteiger partial charge in [-0.15, -0.1) is 11.3 Å². The number of nitrogens with one attached hydrogen (secondary N) is 1. The van der Waals surface area contributed by atoms with Crippen molar-refractivity contribution in [2.75, 3.05) is 43.5 Å². The first-order chi connectivity index (χ1) is 18.3. The van der Waals surface area contributed by atoms with Crippen LogP contribution in [0.4, 0.5) is 15.3 Å². The van der Waals surface area contributed by atoms with Crippen LogP contribution in [0, 0.1) is 11.7 Å².